The van der Waals surface area contributed by atoms with E-state index in [0.29, 0.717) is 22.2 Å². The molecule has 0 saturated carbocycles. The van der Waals surface area contributed by atoms with Crippen molar-refractivity contribution in [2.45, 2.75) is 26.3 Å². The topological polar surface area (TPSA) is 69.6 Å². The Morgan fingerprint density at radius 1 is 1.28 bits per heavy atom. The van der Waals surface area contributed by atoms with Crippen LogP contribution in [0.25, 0.3) is 6.08 Å². The van der Waals surface area contributed by atoms with Gasteiger partial charge in [0.2, 0.25) is 5.91 Å². The molecule has 1 fully saturated rings. The lowest BCUT2D eigenvalue weighted by Crippen LogP contribution is -2.51. The third-order valence-corrected chi connectivity index (χ3v) is 6.62. The lowest BCUT2D eigenvalue weighted by Gasteiger charge is -2.29. The van der Waals surface area contributed by atoms with E-state index >= 15 is 0 Å². The van der Waals surface area contributed by atoms with Crippen LogP contribution in [0.3, 0.4) is 0 Å². The third kappa shape index (κ3) is 5.26. The monoisotopic (exact) mass is 446 g/mol. The molecule has 152 valence electrons. The number of hydrogen-bond donors (Lipinski definition) is 2. The van der Waals surface area contributed by atoms with E-state index in [1.807, 2.05) is 49.6 Å². The molecule has 1 saturated heterocycles. The number of phenols is 1. The molecule has 0 radical (unpaired) electrons. The van der Waals surface area contributed by atoms with Crippen LogP contribution in [0.15, 0.2) is 46.7 Å². The average molecular weight is 447 g/mol. The van der Waals surface area contributed by atoms with E-state index in [-0.39, 0.29) is 23.5 Å². The minimum absolute atomic E-state index is 0.0905. The highest BCUT2D eigenvalue weighted by atomic mass is 32.2. The molecule has 1 aliphatic heterocycles. The minimum atomic E-state index is -0.656. The minimum Gasteiger partial charge on any atom is -0.508 e. The number of nitrogens with zero attached hydrogens (tertiary/aromatic N) is 1. The van der Waals surface area contributed by atoms with E-state index in [4.69, 9.17) is 12.2 Å². The quantitative estimate of drug-likeness (QED) is 0.496. The fourth-order valence-electron chi connectivity index (χ4n) is 3.04. The van der Waals surface area contributed by atoms with Gasteiger partial charge in [0, 0.05) is 11.4 Å². The first-order chi connectivity index (χ1) is 13.9. The van der Waals surface area contributed by atoms with Crippen LogP contribution in [0.1, 0.15) is 24.3 Å². The Balaban J connectivity index is 1.68. The number of rotatable bonds is 7. The van der Waals surface area contributed by atoms with Gasteiger partial charge in [-0.3, -0.25) is 14.5 Å². The number of phenolic OH excluding ortho intramolecular Hbond substituents is 1. The van der Waals surface area contributed by atoms with Crippen molar-refractivity contribution in [3.8, 4) is 5.75 Å². The van der Waals surface area contributed by atoms with E-state index in [2.05, 4.69) is 5.32 Å². The van der Waals surface area contributed by atoms with Crippen LogP contribution in [-0.2, 0) is 16.0 Å². The van der Waals surface area contributed by atoms with Crippen molar-refractivity contribution in [2.24, 2.45) is 5.92 Å². The number of hydrogen-bond acceptors (Lipinski definition) is 6. The summed E-state index contributed by atoms with van der Waals surface area (Å²) in [5.74, 6) is -0.317. The maximum atomic E-state index is 13.0. The zero-order valence-corrected chi connectivity index (χ0v) is 18.6. The van der Waals surface area contributed by atoms with Gasteiger partial charge in [0.1, 0.15) is 16.1 Å². The Hall–Kier alpha value is -2.16. The van der Waals surface area contributed by atoms with Crippen LogP contribution in [0.2, 0.25) is 0 Å². The number of nitrogens with one attached hydrogen (secondary N) is 1. The van der Waals surface area contributed by atoms with Crippen LogP contribution in [-0.4, -0.2) is 38.7 Å². The summed E-state index contributed by atoms with van der Waals surface area (Å²) < 4.78 is 0.408. The maximum absolute atomic E-state index is 13.0. The second kappa shape index (κ2) is 9.56. The van der Waals surface area contributed by atoms with Crippen LogP contribution in [0.4, 0.5) is 0 Å². The van der Waals surface area contributed by atoms with E-state index in [0.717, 1.165) is 10.4 Å². The van der Waals surface area contributed by atoms with Crippen LogP contribution in [0.5, 0.6) is 5.75 Å². The number of carbonyl (C=O) groups is 2. The molecule has 2 amide bonds. The SMILES string of the molecule is CC(C)[C@H](C(=O)NCCc1ccc(O)cc1)N1C(=O)/C(=C\c2cccs2)SC1=S. The lowest BCUT2D eigenvalue weighted by molar-refractivity contribution is -0.134. The molecule has 0 bridgehead atoms. The summed E-state index contributed by atoms with van der Waals surface area (Å²) in [5, 5.41) is 14.2. The van der Waals surface area contributed by atoms with Crippen molar-refractivity contribution < 1.29 is 14.7 Å². The molecule has 2 N–H and O–H groups in total. The number of amides is 2. The summed E-state index contributed by atoms with van der Waals surface area (Å²) in [6.07, 6.45) is 2.46. The Labute approximate surface area is 183 Å². The van der Waals surface area contributed by atoms with E-state index in [9.17, 15) is 14.7 Å². The van der Waals surface area contributed by atoms with Gasteiger partial charge in [-0.2, -0.15) is 0 Å². The Morgan fingerprint density at radius 3 is 2.62 bits per heavy atom. The van der Waals surface area contributed by atoms with Gasteiger partial charge in [-0.15, -0.1) is 11.3 Å². The maximum Gasteiger partial charge on any atom is 0.266 e. The normalized spacial score (nSPS) is 16.7. The zero-order valence-electron chi connectivity index (χ0n) is 16.1. The van der Waals surface area contributed by atoms with Gasteiger partial charge < -0.3 is 10.4 Å². The molecule has 1 aliphatic rings. The molecule has 0 spiro atoms. The van der Waals surface area contributed by atoms with Gasteiger partial charge >= 0.3 is 0 Å². The van der Waals surface area contributed by atoms with Gasteiger partial charge in [0.15, 0.2) is 0 Å². The molecule has 1 atom stereocenters. The van der Waals surface area contributed by atoms with Crippen LogP contribution >= 0.6 is 35.3 Å². The standard InChI is InChI=1S/C21H22N2O3S3/c1-13(2)18(19(25)22-10-9-14-5-7-15(24)8-6-14)23-20(26)17(29-21(23)27)12-16-4-3-11-28-16/h3-8,11-13,18,24H,9-10H2,1-2H3,(H,22,25)/b17-12+/t18-/m1/s1. The fourth-order valence-corrected chi connectivity index (χ4v) is 5.09. The smallest absolute Gasteiger partial charge is 0.266 e. The van der Waals surface area contributed by atoms with Crippen LogP contribution < -0.4 is 5.32 Å². The molecule has 3 rings (SSSR count). The lowest BCUT2D eigenvalue weighted by atomic mass is 10.0. The molecule has 1 aromatic heterocycles. The van der Waals surface area contributed by atoms with Crippen molar-refractivity contribution >= 4 is 57.5 Å². The predicted molar refractivity (Wildman–Crippen MR) is 123 cm³/mol. The largest absolute Gasteiger partial charge is 0.508 e. The number of aromatic hydroxyl groups is 1. The Morgan fingerprint density at radius 2 is 2.00 bits per heavy atom. The van der Waals surface area contributed by atoms with E-state index < -0.39 is 6.04 Å². The average Bonchev–Trinajstić information content (AvgIpc) is 3.27. The van der Waals surface area contributed by atoms with Crippen molar-refractivity contribution in [3.63, 3.8) is 0 Å². The van der Waals surface area contributed by atoms with Gasteiger partial charge in [-0.25, -0.2) is 0 Å². The zero-order chi connectivity index (χ0) is 21.0. The highest BCUT2D eigenvalue weighted by molar-refractivity contribution is 8.26. The van der Waals surface area contributed by atoms with Gasteiger partial charge in [-0.1, -0.05) is 56.0 Å². The molecule has 0 aliphatic carbocycles. The van der Waals surface area contributed by atoms with Gasteiger partial charge in [0.25, 0.3) is 5.91 Å². The van der Waals surface area contributed by atoms with Crippen LogP contribution in [0, 0.1) is 5.92 Å². The van der Waals surface area contributed by atoms with Crippen molar-refractivity contribution in [1.82, 2.24) is 10.2 Å². The molecular weight excluding hydrogens is 424 g/mol. The van der Waals surface area contributed by atoms with Gasteiger partial charge in [0.05, 0.1) is 4.91 Å². The number of thiocarbonyl (C=S) groups is 1. The Kier molecular flexibility index (Phi) is 7.10. The van der Waals surface area contributed by atoms with E-state index in [1.54, 1.807) is 23.5 Å². The number of thiophene rings is 1. The Bertz CT molecular complexity index is 921. The summed E-state index contributed by atoms with van der Waals surface area (Å²) >= 11 is 8.22. The first-order valence-corrected chi connectivity index (χ1v) is 11.3. The molecule has 2 aromatic rings. The summed E-state index contributed by atoms with van der Waals surface area (Å²) in [6, 6.07) is 10.1. The molecule has 2 heterocycles. The number of benzene rings is 1. The summed E-state index contributed by atoms with van der Waals surface area (Å²) in [4.78, 5) is 28.8. The molecule has 29 heavy (non-hydrogen) atoms. The summed E-state index contributed by atoms with van der Waals surface area (Å²) in [7, 11) is 0. The highest BCUT2D eigenvalue weighted by Gasteiger charge is 2.41. The molecule has 0 unspecified atom stereocenters. The van der Waals surface area contributed by atoms with E-state index in [1.165, 1.54) is 16.7 Å². The molecule has 5 nitrogen and oxygen atoms in total. The molecule has 8 heteroatoms. The second-order valence-electron chi connectivity index (χ2n) is 6.96. The van der Waals surface area contributed by atoms with Gasteiger partial charge in [-0.05, 0) is 47.6 Å². The summed E-state index contributed by atoms with van der Waals surface area (Å²) in [6.45, 7) is 4.25. The number of carbonyl (C=O) groups excluding carboxylic acids is 2. The van der Waals surface area contributed by atoms with Crippen molar-refractivity contribution in [3.05, 3.63) is 57.1 Å². The molecular formula is C21H22N2O3S3. The first-order valence-electron chi connectivity index (χ1n) is 9.23. The summed E-state index contributed by atoms with van der Waals surface area (Å²) in [5.41, 5.74) is 1.01. The van der Waals surface area contributed by atoms with Crippen molar-refractivity contribution in [2.75, 3.05) is 6.54 Å². The number of thioether (sulfide) groups is 1. The fraction of sp³-hybridized carbons (Fsp3) is 0.286. The molecule has 1 aromatic carbocycles. The van der Waals surface area contributed by atoms with Crippen molar-refractivity contribution in [1.29, 1.82) is 0 Å². The second-order valence-corrected chi connectivity index (χ2v) is 9.62. The highest BCUT2D eigenvalue weighted by Crippen LogP contribution is 2.36. The third-order valence-electron chi connectivity index (χ3n) is 4.47. The first kappa shape index (κ1) is 21.5. The predicted octanol–water partition coefficient (Wildman–Crippen LogP) is 4.04.